The highest BCUT2D eigenvalue weighted by molar-refractivity contribution is 5.09. The van der Waals surface area contributed by atoms with Crippen LogP contribution in [0.2, 0.25) is 0 Å². The molecule has 112 valence electrons. The van der Waals surface area contributed by atoms with Crippen LogP contribution in [0.15, 0.2) is 16.5 Å². The highest BCUT2D eigenvalue weighted by Crippen LogP contribution is 2.38. The lowest BCUT2D eigenvalue weighted by molar-refractivity contribution is 0.183. The molecule has 0 radical (unpaired) electrons. The topological polar surface area (TPSA) is 58.0 Å². The zero-order valence-electron chi connectivity index (χ0n) is 12.5. The lowest BCUT2D eigenvalue weighted by Gasteiger charge is -2.30. The normalized spacial score (nSPS) is 23.6. The van der Waals surface area contributed by atoms with Crippen LogP contribution in [0, 0.1) is 6.92 Å². The van der Waals surface area contributed by atoms with E-state index in [0.717, 1.165) is 42.8 Å². The molecule has 0 aromatic carbocycles. The van der Waals surface area contributed by atoms with Crippen LogP contribution in [0.25, 0.3) is 0 Å². The molecule has 2 aromatic heterocycles. The molecule has 21 heavy (non-hydrogen) atoms. The van der Waals surface area contributed by atoms with E-state index in [1.54, 1.807) is 0 Å². The predicted octanol–water partition coefficient (Wildman–Crippen LogP) is 2.96. The number of rotatable bonds is 4. The van der Waals surface area contributed by atoms with E-state index in [0.29, 0.717) is 11.8 Å². The average molecular weight is 286 g/mol. The van der Waals surface area contributed by atoms with Gasteiger partial charge in [0.05, 0.1) is 6.54 Å². The van der Waals surface area contributed by atoms with Gasteiger partial charge >= 0.3 is 0 Å². The summed E-state index contributed by atoms with van der Waals surface area (Å²) in [6.07, 6.45) is 4.93. The van der Waals surface area contributed by atoms with Gasteiger partial charge in [0.25, 0.3) is 0 Å². The first-order valence-corrected chi connectivity index (χ1v) is 7.98. The standard InChI is InChI=1S/C16H22N4O/c1-11-4-7-14(21-11)10-20-8-2-3-13(9-20)16-17-15(18-19-16)12-5-6-12/h4,7,12-13H,2-3,5-6,8-10H2,1H3,(H,17,18,19). The molecule has 1 atom stereocenters. The van der Waals surface area contributed by atoms with Gasteiger partial charge in [-0.15, -0.1) is 0 Å². The quantitative estimate of drug-likeness (QED) is 0.938. The van der Waals surface area contributed by atoms with Crippen molar-refractivity contribution in [1.29, 1.82) is 0 Å². The molecule has 4 rings (SSSR count). The summed E-state index contributed by atoms with van der Waals surface area (Å²) in [4.78, 5) is 7.18. The Morgan fingerprint density at radius 1 is 1.29 bits per heavy atom. The van der Waals surface area contributed by atoms with Crippen molar-refractivity contribution < 1.29 is 4.42 Å². The van der Waals surface area contributed by atoms with Crippen molar-refractivity contribution in [3.8, 4) is 0 Å². The highest BCUT2D eigenvalue weighted by atomic mass is 16.3. The molecular formula is C16H22N4O. The molecule has 2 aromatic rings. The molecule has 1 aliphatic heterocycles. The first kappa shape index (κ1) is 13.1. The molecular weight excluding hydrogens is 264 g/mol. The number of aryl methyl sites for hydroxylation is 1. The number of hydrogen-bond acceptors (Lipinski definition) is 4. The molecule has 1 aliphatic carbocycles. The number of nitrogens with zero attached hydrogens (tertiary/aromatic N) is 3. The zero-order valence-corrected chi connectivity index (χ0v) is 12.5. The van der Waals surface area contributed by atoms with Crippen LogP contribution < -0.4 is 0 Å². The summed E-state index contributed by atoms with van der Waals surface area (Å²) in [6.45, 7) is 5.05. The third-order valence-corrected chi connectivity index (χ3v) is 4.53. The number of aromatic nitrogens is 3. The predicted molar refractivity (Wildman–Crippen MR) is 79.1 cm³/mol. The summed E-state index contributed by atoms with van der Waals surface area (Å²) in [5.41, 5.74) is 0. The Morgan fingerprint density at radius 3 is 2.95 bits per heavy atom. The van der Waals surface area contributed by atoms with Gasteiger partial charge in [-0.25, -0.2) is 4.98 Å². The Balaban J connectivity index is 1.41. The molecule has 3 heterocycles. The number of likely N-dealkylation sites (tertiary alicyclic amines) is 1. The molecule has 1 saturated carbocycles. The van der Waals surface area contributed by atoms with Crippen molar-refractivity contribution >= 4 is 0 Å². The van der Waals surface area contributed by atoms with Crippen LogP contribution in [0.1, 0.15) is 60.7 Å². The molecule has 1 saturated heterocycles. The summed E-state index contributed by atoms with van der Waals surface area (Å²) in [7, 11) is 0. The molecule has 1 unspecified atom stereocenters. The van der Waals surface area contributed by atoms with Gasteiger partial charge in [-0.2, -0.15) is 5.10 Å². The van der Waals surface area contributed by atoms with E-state index in [1.807, 2.05) is 13.0 Å². The molecule has 2 fully saturated rings. The second kappa shape index (κ2) is 5.30. The van der Waals surface area contributed by atoms with Crippen LogP contribution in [-0.2, 0) is 6.54 Å². The molecule has 5 heteroatoms. The fraction of sp³-hybridized carbons (Fsp3) is 0.625. The van der Waals surface area contributed by atoms with Gasteiger partial charge < -0.3 is 4.42 Å². The minimum absolute atomic E-state index is 0.457. The van der Waals surface area contributed by atoms with Gasteiger partial charge in [0.2, 0.25) is 0 Å². The maximum atomic E-state index is 5.69. The number of aromatic amines is 1. The number of hydrogen-bond donors (Lipinski definition) is 1. The smallest absolute Gasteiger partial charge is 0.155 e. The lowest BCUT2D eigenvalue weighted by Crippen LogP contribution is -2.34. The Labute approximate surface area is 124 Å². The number of piperidine rings is 1. The van der Waals surface area contributed by atoms with Crippen LogP contribution >= 0.6 is 0 Å². The summed E-state index contributed by atoms with van der Waals surface area (Å²) < 4.78 is 5.69. The van der Waals surface area contributed by atoms with Crippen LogP contribution in [0.5, 0.6) is 0 Å². The Hall–Kier alpha value is -1.62. The Kier molecular flexibility index (Phi) is 3.30. The number of H-pyrrole nitrogens is 1. The van der Waals surface area contributed by atoms with Gasteiger partial charge in [-0.3, -0.25) is 10.00 Å². The van der Waals surface area contributed by atoms with Crippen LogP contribution in [0.4, 0.5) is 0 Å². The molecule has 0 bridgehead atoms. The largest absolute Gasteiger partial charge is 0.465 e. The second-order valence-electron chi connectivity index (χ2n) is 6.44. The first-order valence-electron chi connectivity index (χ1n) is 7.98. The third-order valence-electron chi connectivity index (χ3n) is 4.53. The summed E-state index contributed by atoms with van der Waals surface area (Å²) in [5.74, 6) is 5.26. The van der Waals surface area contributed by atoms with E-state index in [9.17, 15) is 0 Å². The summed E-state index contributed by atoms with van der Waals surface area (Å²) in [6, 6.07) is 4.12. The molecule has 0 amide bonds. The van der Waals surface area contributed by atoms with Crippen molar-refractivity contribution in [2.75, 3.05) is 13.1 Å². The van der Waals surface area contributed by atoms with Gasteiger partial charge in [0.15, 0.2) is 5.82 Å². The van der Waals surface area contributed by atoms with E-state index in [1.165, 1.54) is 25.7 Å². The molecule has 5 nitrogen and oxygen atoms in total. The summed E-state index contributed by atoms with van der Waals surface area (Å²) in [5, 5.41) is 7.60. The number of furan rings is 1. The van der Waals surface area contributed by atoms with Crippen molar-refractivity contribution in [3.63, 3.8) is 0 Å². The highest BCUT2D eigenvalue weighted by Gasteiger charge is 2.30. The first-order chi connectivity index (χ1) is 10.3. The zero-order chi connectivity index (χ0) is 14.2. The van der Waals surface area contributed by atoms with Crippen molar-refractivity contribution in [3.05, 3.63) is 35.3 Å². The van der Waals surface area contributed by atoms with Gasteiger partial charge in [-0.1, -0.05) is 0 Å². The Bertz CT molecular complexity index is 613. The monoisotopic (exact) mass is 286 g/mol. The summed E-state index contributed by atoms with van der Waals surface area (Å²) >= 11 is 0. The fourth-order valence-electron chi connectivity index (χ4n) is 3.21. The molecule has 0 spiro atoms. The van der Waals surface area contributed by atoms with Crippen molar-refractivity contribution in [2.24, 2.45) is 0 Å². The minimum atomic E-state index is 0.457. The second-order valence-corrected chi connectivity index (χ2v) is 6.44. The molecule has 2 aliphatic rings. The molecule has 1 N–H and O–H groups in total. The van der Waals surface area contributed by atoms with Crippen molar-refractivity contribution in [1.82, 2.24) is 20.1 Å². The lowest BCUT2D eigenvalue weighted by atomic mass is 9.97. The maximum Gasteiger partial charge on any atom is 0.155 e. The van der Waals surface area contributed by atoms with Crippen LogP contribution in [-0.4, -0.2) is 33.2 Å². The van der Waals surface area contributed by atoms with E-state index in [4.69, 9.17) is 9.40 Å². The fourth-order valence-corrected chi connectivity index (χ4v) is 3.21. The van der Waals surface area contributed by atoms with E-state index >= 15 is 0 Å². The number of nitrogens with one attached hydrogen (secondary N) is 1. The van der Waals surface area contributed by atoms with Gasteiger partial charge in [0, 0.05) is 18.4 Å². The van der Waals surface area contributed by atoms with E-state index < -0.39 is 0 Å². The van der Waals surface area contributed by atoms with Gasteiger partial charge in [-0.05, 0) is 51.3 Å². The van der Waals surface area contributed by atoms with Crippen molar-refractivity contribution in [2.45, 2.75) is 51.0 Å². The van der Waals surface area contributed by atoms with E-state index in [2.05, 4.69) is 21.2 Å². The Morgan fingerprint density at radius 2 is 2.19 bits per heavy atom. The SMILES string of the molecule is Cc1ccc(CN2CCCC(c3n[nH]c(C4CC4)n3)C2)o1. The third kappa shape index (κ3) is 2.88. The average Bonchev–Trinajstić information content (AvgIpc) is 3.07. The van der Waals surface area contributed by atoms with E-state index in [-0.39, 0.29) is 0 Å². The van der Waals surface area contributed by atoms with Gasteiger partial charge in [0.1, 0.15) is 17.3 Å². The van der Waals surface area contributed by atoms with Crippen LogP contribution in [0.3, 0.4) is 0 Å². The minimum Gasteiger partial charge on any atom is -0.465 e. The maximum absolute atomic E-state index is 5.69.